The normalized spacial score (nSPS) is 9.77. The van der Waals surface area contributed by atoms with E-state index in [9.17, 15) is 9.18 Å². The number of rotatable bonds is 2. The summed E-state index contributed by atoms with van der Waals surface area (Å²) >= 11 is 10.8. The SMILES string of the molecule is O=C(Cc1cc(F)ccc1Cl)NCl. The predicted octanol–water partition coefficient (Wildman–Crippen LogP) is 2.29. The van der Waals surface area contributed by atoms with E-state index in [0.29, 0.717) is 10.6 Å². The van der Waals surface area contributed by atoms with Crippen LogP contribution in [0.4, 0.5) is 4.39 Å². The van der Waals surface area contributed by atoms with E-state index >= 15 is 0 Å². The van der Waals surface area contributed by atoms with E-state index in [2.05, 4.69) is 0 Å². The third kappa shape index (κ3) is 2.86. The van der Waals surface area contributed by atoms with Gasteiger partial charge >= 0.3 is 0 Å². The van der Waals surface area contributed by atoms with Gasteiger partial charge in [-0.15, -0.1) is 0 Å². The number of halogens is 3. The Bertz CT molecular complexity index is 330. The molecule has 0 aliphatic carbocycles. The number of carbonyl (C=O) groups excluding carboxylic acids is 1. The van der Waals surface area contributed by atoms with Crippen LogP contribution in [0.2, 0.25) is 5.02 Å². The van der Waals surface area contributed by atoms with Gasteiger partial charge in [-0.2, -0.15) is 0 Å². The van der Waals surface area contributed by atoms with Crippen LogP contribution in [0.5, 0.6) is 0 Å². The van der Waals surface area contributed by atoms with Crippen molar-refractivity contribution in [3.8, 4) is 0 Å². The fraction of sp³-hybridized carbons (Fsp3) is 0.125. The molecule has 1 N–H and O–H groups in total. The van der Waals surface area contributed by atoms with Gasteiger partial charge in [-0.1, -0.05) is 11.6 Å². The minimum atomic E-state index is -0.429. The molecule has 0 heterocycles. The fourth-order valence-corrected chi connectivity index (χ4v) is 1.14. The van der Waals surface area contributed by atoms with Gasteiger partial charge in [0.25, 0.3) is 0 Å². The van der Waals surface area contributed by atoms with Gasteiger partial charge in [-0.3, -0.25) is 9.63 Å². The third-order valence-electron chi connectivity index (χ3n) is 1.46. The summed E-state index contributed by atoms with van der Waals surface area (Å²) in [5.41, 5.74) is 0.416. The summed E-state index contributed by atoms with van der Waals surface area (Å²) in [6, 6.07) is 3.83. The van der Waals surface area contributed by atoms with E-state index in [-0.39, 0.29) is 6.42 Å². The van der Waals surface area contributed by atoms with Crippen LogP contribution >= 0.6 is 23.4 Å². The van der Waals surface area contributed by atoms with E-state index in [1.165, 1.54) is 18.2 Å². The standard InChI is InChI=1S/C8H6Cl2FNO/c9-7-2-1-6(11)3-5(7)4-8(13)12-10/h1-3H,4H2,(H,12,13). The van der Waals surface area contributed by atoms with Gasteiger partial charge in [-0.25, -0.2) is 4.39 Å². The van der Waals surface area contributed by atoms with Gasteiger partial charge in [0.05, 0.1) is 6.42 Å². The third-order valence-corrected chi connectivity index (χ3v) is 2.04. The quantitative estimate of drug-likeness (QED) is 0.764. The van der Waals surface area contributed by atoms with Crippen LogP contribution in [0.15, 0.2) is 18.2 Å². The summed E-state index contributed by atoms with van der Waals surface area (Å²) in [4.78, 5) is 12.7. The second-order valence-electron chi connectivity index (χ2n) is 2.43. The summed E-state index contributed by atoms with van der Waals surface area (Å²) in [6.45, 7) is 0. The van der Waals surface area contributed by atoms with Crippen molar-refractivity contribution in [1.82, 2.24) is 4.84 Å². The molecule has 5 heteroatoms. The molecule has 70 valence electrons. The summed E-state index contributed by atoms with van der Waals surface area (Å²) in [6.07, 6.45) is -0.0277. The molecular formula is C8H6Cl2FNO. The molecule has 1 aromatic carbocycles. The van der Waals surface area contributed by atoms with Crippen LogP contribution in [0.1, 0.15) is 5.56 Å². The maximum absolute atomic E-state index is 12.7. The van der Waals surface area contributed by atoms with Gasteiger partial charge in [0.1, 0.15) is 5.82 Å². The van der Waals surface area contributed by atoms with Crippen LogP contribution in [0.25, 0.3) is 0 Å². The van der Waals surface area contributed by atoms with Crippen molar-refractivity contribution in [3.63, 3.8) is 0 Å². The molecule has 1 aromatic rings. The molecule has 0 aromatic heterocycles. The monoisotopic (exact) mass is 221 g/mol. The fourth-order valence-electron chi connectivity index (χ4n) is 0.885. The van der Waals surface area contributed by atoms with E-state index in [0.717, 1.165) is 0 Å². The van der Waals surface area contributed by atoms with Crippen LogP contribution in [-0.2, 0) is 11.2 Å². The van der Waals surface area contributed by atoms with Gasteiger partial charge in [0.15, 0.2) is 0 Å². The molecule has 1 amide bonds. The molecule has 13 heavy (non-hydrogen) atoms. The van der Waals surface area contributed by atoms with E-state index in [1.54, 1.807) is 0 Å². The van der Waals surface area contributed by atoms with Crippen molar-refractivity contribution < 1.29 is 9.18 Å². The highest BCUT2D eigenvalue weighted by Crippen LogP contribution is 2.17. The van der Waals surface area contributed by atoms with Crippen molar-refractivity contribution in [1.29, 1.82) is 0 Å². The van der Waals surface area contributed by atoms with Crippen molar-refractivity contribution in [2.75, 3.05) is 0 Å². The lowest BCUT2D eigenvalue weighted by molar-refractivity contribution is -0.118. The second-order valence-corrected chi connectivity index (χ2v) is 3.03. The van der Waals surface area contributed by atoms with Crippen molar-refractivity contribution in [2.45, 2.75) is 6.42 Å². The van der Waals surface area contributed by atoms with Crippen molar-refractivity contribution >= 4 is 29.3 Å². The Kier molecular flexibility index (Phi) is 3.51. The highest BCUT2D eigenvalue weighted by atomic mass is 35.5. The largest absolute Gasteiger partial charge is 0.273 e. The van der Waals surface area contributed by atoms with Gasteiger partial charge < -0.3 is 0 Å². The maximum Gasteiger partial charge on any atom is 0.238 e. The predicted molar refractivity (Wildman–Crippen MR) is 49.1 cm³/mol. The summed E-state index contributed by atoms with van der Waals surface area (Å²) < 4.78 is 12.7. The average molecular weight is 222 g/mol. The van der Waals surface area contributed by atoms with Crippen LogP contribution in [0, 0.1) is 5.82 Å². The first kappa shape index (κ1) is 10.3. The molecule has 0 saturated carbocycles. The molecule has 0 aliphatic heterocycles. The number of amides is 1. The molecule has 2 nitrogen and oxygen atoms in total. The number of hydrogen-bond donors (Lipinski definition) is 1. The highest BCUT2D eigenvalue weighted by molar-refractivity contribution is 6.31. The first-order chi connectivity index (χ1) is 6.13. The van der Waals surface area contributed by atoms with Gasteiger partial charge in [0.2, 0.25) is 5.91 Å². The number of carbonyl (C=O) groups is 1. The first-order valence-corrected chi connectivity index (χ1v) is 4.22. The molecule has 0 unspecified atom stereocenters. The van der Waals surface area contributed by atoms with E-state index in [4.69, 9.17) is 23.4 Å². The Balaban J connectivity index is 2.87. The van der Waals surface area contributed by atoms with E-state index in [1.807, 2.05) is 4.84 Å². The lowest BCUT2D eigenvalue weighted by Gasteiger charge is -2.01. The van der Waals surface area contributed by atoms with Crippen molar-refractivity contribution in [2.24, 2.45) is 0 Å². The zero-order valence-electron chi connectivity index (χ0n) is 6.48. The Hall–Kier alpha value is -0.800. The number of benzene rings is 1. The zero-order valence-corrected chi connectivity index (χ0v) is 7.99. The second kappa shape index (κ2) is 4.44. The maximum atomic E-state index is 12.7. The Morgan fingerprint density at radius 3 is 2.85 bits per heavy atom. The topological polar surface area (TPSA) is 29.1 Å². The summed E-state index contributed by atoms with van der Waals surface area (Å²) in [5, 5.41) is 0.349. The van der Waals surface area contributed by atoms with Gasteiger partial charge in [-0.05, 0) is 23.8 Å². The highest BCUT2D eigenvalue weighted by Gasteiger charge is 2.06. The molecule has 0 saturated heterocycles. The van der Waals surface area contributed by atoms with Crippen molar-refractivity contribution in [3.05, 3.63) is 34.6 Å². The lowest BCUT2D eigenvalue weighted by Crippen LogP contribution is -2.15. The smallest absolute Gasteiger partial charge is 0.238 e. The molecule has 0 bridgehead atoms. The zero-order chi connectivity index (χ0) is 9.84. The summed E-state index contributed by atoms with van der Waals surface area (Å²) in [5.74, 6) is -0.851. The Labute approximate surface area is 84.8 Å². The molecule has 0 fully saturated rings. The van der Waals surface area contributed by atoms with Crippen LogP contribution < -0.4 is 4.84 Å². The number of nitrogens with one attached hydrogen (secondary N) is 1. The molecule has 0 aliphatic rings. The molecule has 0 atom stereocenters. The van der Waals surface area contributed by atoms with Crippen LogP contribution in [-0.4, -0.2) is 5.91 Å². The minimum absolute atomic E-state index is 0.0277. The molecule has 0 radical (unpaired) electrons. The summed E-state index contributed by atoms with van der Waals surface area (Å²) in [7, 11) is 0. The average Bonchev–Trinajstić information content (AvgIpc) is 2.11. The molecular weight excluding hydrogens is 216 g/mol. The van der Waals surface area contributed by atoms with Crippen LogP contribution in [0.3, 0.4) is 0 Å². The minimum Gasteiger partial charge on any atom is -0.273 e. The Morgan fingerprint density at radius 1 is 1.54 bits per heavy atom. The Morgan fingerprint density at radius 2 is 2.23 bits per heavy atom. The first-order valence-electron chi connectivity index (χ1n) is 3.47. The number of hydrogen-bond acceptors (Lipinski definition) is 1. The van der Waals surface area contributed by atoms with E-state index < -0.39 is 11.7 Å². The molecule has 1 rings (SSSR count). The van der Waals surface area contributed by atoms with Gasteiger partial charge in [0, 0.05) is 16.8 Å². The molecule has 0 spiro atoms. The lowest BCUT2D eigenvalue weighted by atomic mass is 10.1.